The van der Waals surface area contributed by atoms with Crippen molar-refractivity contribution in [2.24, 2.45) is 0 Å². The van der Waals surface area contributed by atoms with E-state index in [1.54, 1.807) is 18.3 Å². The van der Waals surface area contributed by atoms with Gasteiger partial charge in [-0.15, -0.1) is 0 Å². The van der Waals surface area contributed by atoms with E-state index in [4.69, 9.17) is 4.74 Å². The number of ether oxygens (including phenoxy) is 1. The number of anilines is 2. The zero-order valence-corrected chi connectivity index (χ0v) is 16.8. The van der Waals surface area contributed by atoms with Crippen LogP contribution in [0, 0.1) is 0 Å². The van der Waals surface area contributed by atoms with E-state index in [2.05, 4.69) is 15.4 Å². The van der Waals surface area contributed by atoms with Gasteiger partial charge in [-0.3, -0.25) is 19.3 Å². The molecule has 0 unspecified atom stereocenters. The van der Waals surface area contributed by atoms with Crippen molar-refractivity contribution >= 4 is 23.2 Å². The lowest BCUT2D eigenvalue weighted by Gasteiger charge is -2.33. The summed E-state index contributed by atoms with van der Waals surface area (Å²) >= 11 is 0. The molecular weight excluding hydrogens is 427 g/mol. The van der Waals surface area contributed by atoms with E-state index in [9.17, 15) is 22.8 Å². The number of nitrogens with zero attached hydrogens (tertiary/aromatic N) is 4. The number of aromatic nitrogens is 3. The normalized spacial score (nSPS) is 16.1. The fraction of sp³-hybridized carbons (Fsp3) is 0.238. The van der Waals surface area contributed by atoms with Gasteiger partial charge in [0.2, 0.25) is 0 Å². The van der Waals surface area contributed by atoms with E-state index in [1.807, 2.05) is 0 Å². The number of rotatable bonds is 5. The van der Waals surface area contributed by atoms with E-state index in [0.29, 0.717) is 5.69 Å². The Balaban J connectivity index is 1.69. The van der Waals surface area contributed by atoms with E-state index in [1.165, 1.54) is 41.2 Å². The molecule has 32 heavy (non-hydrogen) atoms. The molecule has 2 amide bonds. The first kappa shape index (κ1) is 21.5. The zero-order chi connectivity index (χ0) is 22.9. The number of nitrogens with one attached hydrogen (secondary N) is 1. The lowest BCUT2D eigenvalue weighted by molar-refractivity contribution is -0.137. The summed E-state index contributed by atoms with van der Waals surface area (Å²) in [6, 6.07) is 7.14. The van der Waals surface area contributed by atoms with Gasteiger partial charge < -0.3 is 15.0 Å². The Morgan fingerprint density at radius 1 is 1.22 bits per heavy atom. The number of carbonyl (C=O) groups excluding carboxylic acids is 2. The molecule has 0 radical (unpaired) electrons. The molecule has 1 N–H and O–H groups in total. The molecule has 2 aromatic heterocycles. The molecule has 1 aromatic carbocycles. The molecule has 0 fully saturated rings. The summed E-state index contributed by atoms with van der Waals surface area (Å²) in [7, 11) is 1.48. The molecule has 3 heterocycles. The van der Waals surface area contributed by atoms with Crippen molar-refractivity contribution in [1.29, 1.82) is 0 Å². The lowest BCUT2D eigenvalue weighted by Crippen LogP contribution is -2.45. The van der Waals surface area contributed by atoms with Crippen LogP contribution < -0.4 is 10.2 Å². The van der Waals surface area contributed by atoms with Crippen molar-refractivity contribution in [1.82, 2.24) is 14.8 Å². The Kier molecular flexibility index (Phi) is 5.66. The lowest BCUT2D eigenvalue weighted by atomic mass is 10.1. The fourth-order valence-corrected chi connectivity index (χ4v) is 3.52. The summed E-state index contributed by atoms with van der Waals surface area (Å²) in [5.41, 5.74) is -0.0409. The Hall–Kier alpha value is -3.73. The number of carbonyl (C=O) groups is 2. The zero-order valence-electron chi connectivity index (χ0n) is 16.8. The topological polar surface area (TPSA) is 89.3 Å². The number of pyridine rings is 1. The highest BCUT2D eigenvalue weighted by molar-refractivity contribution is 6.15. The second kappa shape index (κ2) is 8.42. The molecule has 1 aliphatic rings. The SMILES string of the molecule is COC[C@H]1CN(c2ccc(C(F)(F)F)cc2)C(=O)c2c(C(=O)Nc3cccnc3)cnn21. The van der Waals surface area contributed by atoms with Crippen molar-refractivity contribution in [3.05, 3.63) is 71.8 Å². The maximum atomic E-state index is 13.3. The van der Waals surface area contributed by atoms with Gasteiger partial charge in [0.25, 0.3) is 11.8 Å². The van der Waals surface area contributed by atoms with Crippen molar-refractivity contribution < 1.29 is 27.5 Å². The first-order chi connectivity index (χ1) is 15.3. The standard InChI is InChI=1S/C21H18F3N5O3/c1-32-12-16-11-28(15-6-4-13(5-7-15)21(22,23)24)20(31)18-17(10-26-29(16)18)19(30)27-14-3-2-8-25-9-14/h2-10,16H,11-12H2,1H3,(H,27,30)/t16-/m1/s1. The van der Waals surface area contributed by atoms with Gasteiger partial charge >= 0.3 is 6.18 Å². The first-order valence-corrected chi connectivity index (χ1v) is 9.56. The van der Waals surface area contributed by atoms with Gasteiger partial charge in [0.1, 0.15) is 5.69 Å². The number of halogens is 3. The maximum absolute atomic E-state index is 13.3. The highest BCUT2D eigenvalue weighted by Gasteiger charge is 2.37. The molecule has 0 saturated heterocycles. The first-order valence-electron chi connectivity index (χ1n) is 9.56. The Morgan fingerprint density at radius 2 is 1.97 bits per heavy atom. The van der Waals surface area contributed by atoms with Crippen molar-refractivity contribution in [3.63, 3.8) is 0 Å². The average molecular weight is 445 g/mol. The van der Waals surface area contributed by atoms with Gasteiger partial charge in [-0.2, -0.15) is 18.3 Å². The van der Waals surface area contributed by atoms with Crippen LogP contribution in [0.2, 0.25) is 0 Å². The predicted octanol–water partition coefficient (Wildman–Crippen LogP) is 3.40. The molecule has 0 spiro atoms. The molecule has 0 bridgehead atoms. The van der Waals surface area contributed by atoms with Gasteiger partial charge in [-0.1, -0.05) is 0 Å². The van der Waals surface area contributed by atoms with Crippen LogP contribution in [0.15, 0.2) is 55.0 Å². The van der Waals surface area contributed by atoms with Crippen LogP contribution in [-0.2, 0) is 10.9 Å². The molecule has 1 atom stereocenters. The summed E-state index contributed by atoms with van der Waals surface area (Å²) in [6.07, 6.45) is -0.187. The smallest absolute Gasteiger partial charge is 0.382 e. The van der Waals surface area contributed by atoms with Crippen molar-refractivity contribution in [3.8, 4) is 0 Å². The molecular formula is C21H18F3N5O3. The van der Waals surface area contributed by atoms with Gasteiger partial charge in [0, 0.05) is 19.0 Å². The van der Waals surface area contributed by atoms with Crippen LogP contribution in [0.3, 0.4) is 0 Å². The third-order valence-corrected chi connectivity index (χ3v) is 5.01. The summed E-state index contributed by atoms with van der Waals surface area (Å²) in [6.45, 7) is 0.305. The van der Waals surface area contributed by atoms with E-state index in [0.717, 1.165) is 12.1 Å². The van der Waals surface area contributed by atoms with E-state index >= 15 is 0 Å². The van der Waals surface area contributed by atoms with E-state index < -0.39 is 29.6 Å². The highest BCUT2D eigenvalue weighted by atomic mass is 19.4. The summed E-state index contributed by atoms with van der Waals surface area (Å²) in [5, 5.41) is 6.87. The molecule has 8 nitrogen and oxygen atoms in total. The van der Waals surface area contributed by atoms with Crippen LogP contribution in [-0.4, -0.2) is 46.8 Å². The summed E-state index contributed by atoms with van der Waals surface area (Å²) < 4.78 is 45.4. The molecule has 4 rings (SSSR count). The van der Waals surface area contributed by atoms with Crippen LogP contribution >= 0.6 is 0 Å². The van der Waals surface area contributed by atoms with Crippen LogP contribution in [0.25, 0.3) is 0 Å². The van der Waals surface area contributed by atoms with Gasteiger partial charge in [0.05, 0.1) is 48.4 Å². The Bertz CT molecular complexity index is 1130. The third-order valence-electron chi connectivity index (χ3n) is 5.01. The molecule has 0 saturated carbocycles. The second-order valence-electron chi connectivity index (χ2n) is 7.12. The Labute approximate surface area is 180 Å². The third kappa shape index (κ3) is 4.06. The number of amides is 2. The predicted molar refractivity (Wildman–Crippen MR) is 108 cm³/mol. The summed E-state index contributed by atoms with van der Waals surface area (Å²) in [5.74, 6) is -1.11. The second-order valence-corrected chi connectivity index (χ2v) is 7.12. The molecule has 0 aliphatic carbocycles. The quantitative estimate of drug-likeness (QED) is 0.650. The maximum Gasteiger partial charge on any atom is 0.416 e. The number of alkyl halides is 3. The number of fused-ring (bicyclic) bond motifs is 1. The minimum atomic E-state index is -4.49. The van der Waals surface area contributed by atoms with Crippen molar-refractivity contribution in [2.75, 3.05) is 30.5 Å². The van der Waals surface area contributed by atoms with Crippen LogP contribution in [0.5, 0.6) is 0 Å². The molecule has 166 valence electrons. The molecule has 1 aliphatic heterocycles. The average Bonchev–Trinajstić information content (AvgIpc) is 3.22. The fourth-order valence-electron chi connectivity index (χ4n) is 3.52. The van der Waals surface area contributed by atoms with E-state index in [-0.39, 0.29) is 30.1 Å². The number of hydrogen-bond donors (Lipinski definition) is 1. The minimum Gasteiger partial charge on any atom is -0.382 e. The monoisotopic (exact) mass is 445 g/mol. The molecule has 11 heteroatoms. The van der Waals surface area contributed by atoms with Crippen LogP contribution in [0.1, 0.15) is 32.5 Å². The minimum absolute atomic E-state index is 0.0274. The van der Waals surface area contributed by atoms with Gasteiger partial charge in [-0.05, 0) is 36.4 Å². The van der Waals surface area contributed by atoms with Gasteiger partial charge in [0.15, 0.2) is 0 Å². The number of hydrogen-bond acceptors (Lipinski definition) is 5. The Morgan fingerprint density at radius 3 is 2.59 bits per heavy atom. The van der Waals surface area contributed by atoms with Crippen LogP contribution in [0.4, 0.5) is 24.5 Å². The van der Waals surface area contributed by atoms with Crippen molar-refractivity contribution in [2.45, 2.75) is 12.2 Å². The highest BCUT2D eigenvalue weighted by Crippen LogP contribution is 2.33. The summed E-state index contributed by atoms with van der Waals surface area (Å²) in [4.78, 5) is 31.4. The number of methoxy groups -OCH3 is 1. The largest absolute Gasteiger partial charge is 0.416 e. The number of benzene rings is 1. The van der Waals surface area contributed by atoms with Gasteiger partial charge in [-0.25, -0.2) is 0 Å². The molecule has 3 aromatic rings.